The Bertz CT molecular complexity index is 563. The van der Waals surface area contributed by atoms with Crippen molar-refractivity contribution >= 4 is 28.4 Å². The van der Waals surface area contributed by atoms with E-state index in [1.54, 1.807) is 18.1 Å². The molecule has 94 valence electrons. The molecular formula is C14H15ClN2O. The van der Waals surface area contributed by atoms with E-state index in [0.29, 0.717) is 12.1 Å². The molecule has 0 saturated heterocycles. The third-order valence-corrected chi connectivity index (χ3v) is 2.89. The normalized spacial score (nSPS) is 12.4. The van der Waals surface area contributed by atoms with Gasteiger partial charge in [-0.2, -0.15) is 0 Å². The summed E-state index contributed by atoms with van der Waals surface area (Å²) in [6, 6.07) is 9.31. The van der Waals surface area contributed by atoms with Crippen molar-refractivity contribution < 1.29 is 4.79 Å². The third-order valence-electron chi connectivity index (χ3n) is 2.75. The number of carbonyl (C=O) groups is 1. The van der Waals surface area contributed by atoms with Crippen molar-refractivity contribution in [3.8, 4) is 0 Å². The molecule has 1 amide bonds. The molecule has 0 bridgehead atoms. The predicted octanol–water partition coefficient (Wildman–Crippen LogP) is 2.93. The number of fused-ring (bicyclic) bond motifs is 1. The van der Waals surface area contributed by atoms with Crippen molar-refractivity contribution in [2.75, 3.05) is 13.6 Å². The molecule has 18 heavy (non-hydrogen) atoms. The van der Waals surface area contributed by atoms with Crippen molar-refractivity contribution in [1.29, 1.82) is 0 Å². The summed E-state index contributed by atoms with van der Waals surface area (Å²) in [6.45, 7) is 2.40. The molecule has 0 aliphatic heterocycles. The van der Waals surface area contributed by atoms with Crippen LogP contribution in [0.4, 0.5) is 0 Å². The second-order valence-electron chi connectivity index (χ2n) is 4.34. The van der Waals surface area contributed by atoms with Crippen LogP contribution in [-0.4, -0.2) is 34.8 Å². The Morgan fingerprint density at radius 2 is 2.17 bits per heavy atom. The minimum atomic E-state index is -0.0629. The zero-order chi connectivity index (χ0) is 13.1. The van der Waals surface area contributed by atoms with Crippen LogP contribution in [0.25, 0.3) is 10.9 Å². The quantitative estimate of drug-likeness (QED) is 0.797. The zero-order valence-electron chi connectivity index (χ0n) is 10.4. The van der Waals surface area contributed by atoms with Gasteiger partial charge in [0, 0.05) is 36.1 Å². The van der Waals surface area contributed by atoms with Gasteiger partial charge in [0.25, 0.3) is 5.91 Å². The SMILES string of the molecule is CC(Cl)CN(C)C(=O)c1cccc2ncccc12. The highest BCUT2D eigenvalue weighted by Crippen LogP contribution is 2.18. The predicted molar refractivity (Wildman–Crippen MR) is 74.0 cm³/mol. The van der Waals surface area contributed by atoms with E-state index in [1.807, 2.05) is 37.3 Å². The number of carbonyl (C=O) groups excluding carboxylic acids is 1. The second-order valence-corrected chi connectivity index (χ2v) is 5.09. The lowest BCUT2D eigenvalue weighted by Gasteiger charge is -2.19. The number of rotatable bonds is 3. The topological polar surface area (TPSA) is 33.2 Å². The fourth-order valence-electron chi connectivity index (χ4n) is 1.96. The van der Waals surface area contributed by atoms with Crippen molar-refractivity contribution in [1.82, 2.24) is 9.88 Å². The van der Waals surface area contributed by atoms with Crippen LogP contribution in [-0.2, 0) is 0 Å². The molecule has 4 heteroatoms. The van der Waals surface area contributed by atoms with Gasteiger partial charge in [0.1, 0.15) is 0 Å². The number of nitrogens with zero attached hydrogens (tertiary/aromatic N) is 2. The van der Waals surface area contributed by atoms with E-state index in [2.05, 4.69) is 4.98 Å². The lowest BCUT2D eigenvalue weighted by molar-refractivity contribution is 0.0798. The molecule has 2 rings (SSSR count). The highest BCUT2D eigenvalue weighted by atomic mass is 35.5. The van der Waals surface area contributed by atoms with E-state index >= 15 is 0 Å². The van der Waals surface area contributed by atoms with Gasteiger partial charge in [0.05, 0.1) is 5.52 Å². The maximum atomic E-state index is 12.3. The van der Waals surface area contributed by atoms with Crippen LogP contribution in [0, 0.1) is 0 Å². The summed E-state index contributed by atoms with van der Waals surface area (Å²) in [5, 5.41) is 0.811. The van der Waals surface area contributed by atoms with Gasteiger partial charge in [-0.25, -0.2) is 0 Å². The number of aromatic nitrogens is 1. The Labute approximate surface area is 111 Å². The van der Waals surface area contributed by atoms with E-state index in [4.69, 9.17) is 11.6 Å². The van der Waals surface area contributed by atoms with Crippen LogP contribution in [0.15, 0.2) is 36.5 Å². The molecule has 1 aromatic heterocycles. The van der Waals surface area contributed by atoms with Gasteiger partial charge < -0.3 is 4.90 Å². The molecular weight excluding hydrogens is 248 g/mol. The van der Waals surface area contributed by atoms with Gasteiger partial charge in [-0.1, -0.05) is 12.1 Å². The summed E-state index contributed by atoms with van der Waals surface area (Å²) < 4.78 is 0. The smallest absolute Gasteiger partial charge is 0.254 e. The molecule has 1 unspecified atom stereocenters. The van der Waals surface area contributed by atoms with Gasteiger partial charge in [-0.3, -0.25) is 9.78 Å². The van der Waals surface area contributed by atoms with E-state index in [9.17, 15) is 4.79 Å². The van der Waals surface area contributed by atoms with E-state index < -0.39 is 0 Å². The fraction of sp³-hybridized carbons (Fsp3) is 0.286. The Morgan fingerprint density at radius 3 is 2.89 bits per heavy atom. The second kappa shape index (κ2) is 5.36. The molecule has 3 nitrogen and oxygen atoms in total. The average molecular weight is 263 g/mol. The number of pyridine rings is 1. The van der Waals surface area contributed by atoms with Gasteiger partial charge >= 0.3 is 0 Å². The zero-order valence-corrected chi connectivity index (χ0v) is 11.2. The highest BCUT2D eigenvalue weighted by Gasteiger charge is 2.15. The highest BCUT2D eigenvalue weighted by molar-refractivity contribution is 6.20. The first-order chi connectivity index (χ1) is 8.59. The first kappa shape index (κ1) is 12.8. The van der Waals surface area contributed by atoms with E-state index in [0.717, 1.165) is 10.9 Å². The number of amides is 1. The maximum Gasteiger partial charge on any atom is 0.254 e. The Balaban J connectivity index is 2.39. The van der Waals surface area contributed by atoms with Crippen LogP contribution >= 0.6 is 11.6 Å². The number of alkyl halides is 1. The Hall–Kier alpha value is -1.61. The maximum absolute atomic E-state index is 12.3. The Kier molecular flexibility index (Phi) is 3.82. The lowest BCUT2D eigenvalue weighted by Crippen LogP contribution is -2.31. The molecule has 1 heterocycles. The fourth-order valence-corrected chi connectivity index (χ4v) is 2.16. The van der Waals surface area contributed by atoms with Gasteiger partial charge in [-0.15, -0.1) is 11.6 Å². The van der Waals surface area contributed by atoms with Gasteiger partial charge in [0.15, 0.2) is 0 Å². The number of halogens is 1. The summed E-state index contributed by atoms with van der Waals surface area (Å²) >= 11 is 5.92. The van der Waals surface area contributed by atoms with Crippen LogP contribution < -0.4 is 0 Å². The third kappa shape index (κ3) is 2.62. The summed E-state index contributed by atoms with van der Waals surface area (Å²) in [4.78, 5) is 18.2. The van der Waals surface area contributed by atoms with Crippen molar-refractivity contribution in [2.24, 2.45) is 0 Å². The van der Waals surface area contributed by atoms with Crippen molar-refractivity contribution in [3.63, 3.8) is 0 Å². The largest absolute Gasteiger partial charge is 0.340 e. The molecule has 1 aromatic carbocycles. The average Bonchev–Trinajstić information content (AvgIpc) is 2.36. The van der Waals surface area contributed by atoms with Crippen molar-refractivity contribution in [2.45, 2.75) is 12.3 Å². The molecule has 0 N–H and O–H groups in total. The van der Waals surface area contributed by atoms with Gasteiger partial charge in [-0.05, 0) is 25.1 Å². The summed E-state index contributed by atoms with van der Waals surface area (Å²) in [5.41, 5.74) is 1.50. The first-order valence-corrected chi connectivity index (χ1v) is 6.26. The molecule has 0 spiro atoms. The Morgan fingerprint density at radius 1 is 1.39 bits per heavy atom. The van der Waals surface area contributed by atoms with Crippen LogP contribution in [0.5, 0.6) is 0 Å². The molecule has 0 aliphatic rings. The lowest BCUT2D eigenvalue weighted by atomic mass is 10.1. The van der Waals surface area contributed by atoms with E-state index in [1.165, 1.54) is 0 Å². The van der Waals surface area contributed by atoms with Gasteiger partial charge in [0.2, 0.25) is 0 Å². The van der Waals surface area contributed by atoms with Crippen molar-refractivity contribution in [3.05, 3.63) is 42.1 Å². The molecule has 1 atom stereocenters. The van der Waals surface area contributed by atoms with Crippen LogP contribution in [0.1, 0.15) is 17.3 Å². The van der Waals surface area contributed by atoms with E-state index in [-0.39, 0.29) is 11.3 Å². The molecule has 0 radical (unpaired) electrons. The number of hydrogen-bond acceptors (Lipinski definition) is 2. The molecule has 0 saturated carbocycles. The number of hydrogen-bond donors (Lipinski definition) is 0. The standard InChI is InChI=1S/C14H15ClN2O/c1-10(15)9-17(2)14(18)12-5-3-7-13-11(12)6-4-8-16-13/h3-8,10H,9H2,1-2H3. The minimum absolute atomic E-state index is 0.0268. The monoisotopic (exact) mass is 262 g/mol. The summed E-state index contributed by atoms with van der Waals surface area (Å²) in [5.74, 6) is -0.0268. The summed E-state index contributed by atoms with van der Waals surface area (Å²) in [7, 11) is 1.76. The van der Waals surface area contributed by atoms with Crippen LogP contribution in [0.3, 0.4) is 0 Å². The molecule has 2 aromatic rings. The molecule has 0 fully saturated rings. The molecule has 0 aliphatic carbocycles. The summed E-state index contributed by atoms with van der Waals surface area (Å²) in [6.07, 6.45) is 1.72. The minimum Gasteiger partial charge on any atom is -0.340 e. The number of benzene rings is 1. The first-order valence-electron chi connectivity index (χ1n) is 5.83. The van der Waals surface area contributed by atoms with Crippen LogP contribution in [0.2, 0.25) is 0 Å².